The van der Waals surface area contributed by atoms with Gasteiger partial charge < -0.3 is 9.45 Å². The summed E-state index contributed by atoms with van der Waals surface area (Å²) in [6.07, 6.45) is 16.0. The van der Waals surface area contributed by atoms with Crippen LogP contribution in [0.25, 0.3) is 0 Å². The summed E-state index contributed by atoms with van der Waals surface area (Å²) < 4.78 is 31.5. The first-order valence-electron chi connectivity index (χ1n) is 9.22. The molecule has 0 spiro atoms. The van der Waals surface area contributed by atoms with Crippen molar-refractivity contribution in [2.45, 2.75) is 77.6 Å². The van der Waals surface area contributed by atoms with Crippen LogP contribution in [-0.4, -0.2) is 43.1 Å². The number of unbranched alkanes of at least 4 members (excludes halogenated alkanes) is 9. The van der Waals surface area contributed by atoms with E-state index in [4.69, 9.17) is 0 Å². The first-order chi connectivity index (χ1) is 11.4. The Bertz CT molecular complexity index is 452. The second-order valence-electron chi connectivity index (χ2n) is 6.39. The van der Waals surface area contributed by atoms with Gasteiger partial charge in [0.2, 0.25) is 5.91 Å². The number of rotatable bonds is 15. The molecular weight excluding hydrogens is 349 g/mol. The Morgan fingerprint density at radius 1 is 0.960 bits per heavy atom. The van der Waals surface area contributed by atoms with E-state index in [1.165, 1.54) is 62.3 Å². The number of carbonyl (C=O) groups is 1. The summed E-state index contributed by atoms with van der Waals surface area (Å²) in [6, 6.07) is 0. The second-order valence-corrected chi connectivity index (χ2v) is 7.92. The van der Waals surface area contributed by atoms with Crippen molar-refractivity contribution in [1.29, 1.82) is 0 Å². The molecule has 0 unspecified atom stereocenters. The van der Waals surface area contributed by atoms with Crippen molar-refractivity contribution in [1.82, 2.24) is 4.90 Å². The van der Waals surface area contributed by atoms with Crippen molar-refractivity contribution < 1.29 is 47.3 Å². The van der Waals surface area contributed by atoms with E-state index in [1.807, 2.05) is 6.08 Å². The summed E-state index contributed by atoms with van der Waals surface area (Å²) in [5.74, 6) is -0.568. The molecule has 5 nitrogen and oxygen atoms in total. The zero-order chi connectivity index (χ0) is 18.3. The van der Waals surface area contributed by atoms with Crippen LogP contribution in [0.2, 0.25) is 0 Å². The van der Waals surface area contributed by atoms with Crippen LogP contribution < -0.4 is 29.6 Å². The topological polar surface area (TPSA) is 77.5 Å². The Hall–Kier alpha value is 0.120. The zero-order valence-corrected chi connectivity index (χ0v) is 19.2. The number of allylic oxidation sites excluding steroid dienone is 1. The molecule has 7 heteroatoms. The molecule has 0 fully saturated rings. The Morgan fingerprint density at radius 2 is 1.48 bits per heavy atom. The molecule has 0 aliphatic heterocycles. The Balaban J connectivity index is 0. The molecule has 0 aromatic carbocycles. The largest absolute Gasteiger partial charge is 1.00 e. The van der Waals surface area contributed by atoms with Gasteiger partial charge in [-0.2, -0.15) is 0 Å². The van der Waals surface area contributed by atoms with Crippen LogP contribution in [-0.2, 0) is 14.9 Å². The summed E-state index contributed by atoms with van der Waals surface area (Å²) in [5.41, 5.74) is 0. The third kappa shape index (κ3) is 20.3. The third-order valence-corrected chi connectivity index (χ3v) is 4.79. The van der Waals surface area contributed by atoms with E-state index < -0.39 is 15.9 Å². The number of nitrogens with zero attached hydrogens (tertiary/aromatic N) is 1. The van der Waals surface area contributed by atoms with E-state index in [9.17, 15) is 17.8 Å². The van der Waals surface area contributed by atoms with Gasteiger partial charge in [-0.15, -0.1) is 0 Å². The van der Waals surface area contributed by atoms with Crippen LogP contribution in [0.4, 0.5) is 0 Å². The summed E-state index contributed by atoms with van der Waals surface area (Å²) in [6.45, 7) is 2.51. The first kappa shape index (κ1) is 27.3. The molecule has 0 heterocycles. The molecule has 142 valence electrons. The molecule has 0 saturated heterocycles. The molecule has 0 radical (unpaired) electrons. The van der Waals surface area contributed by atoms with Crippen molar-refractivity contribution in [2.24, 2.45) is 0 Å². The van der Waals surface area contributed by atoms with Gasteiger partial charge in [-0.05, 0) is 25.3 Å². The smallest absolute Gasteiger partial charge is 0.748 e. The Labute approximate surface area is 176 Å². The van der Waals surface area contributed by atoms with E-state index in [1.54, 1.807) is 7.05 Å². The number of amides is 1. The van der Waals surface area contributed by atoms with Gasteiger partial charge in [0.1, 0.15) is 0 Å². The minimum absolute atomic E-state index is 0. The summed E-state index contributed by atoms with van der Waals surface area (Å²) in [4.78, 5) is 13.2. The monoisotopic (exact) mass is 383 g/mol. The van der Waals surface area contributed by atoms with Gasteiger partial charge in [0.25, 0.3) is 0 Å². The molecule has 0 bridgehead atoms. The van der Waals surface area contributed by atoms with E-state index in [0.29, 0.717) is 0 Å². The third-order valence-electron chi connectivity index (χ3n) is 4.00. The van der Waals surface area contributed by atoms with Crippen molar-refractivity contribution in [2.75, 3.05) is 19.3 Å². The molecule has 0 N–H and O–H groups in total. The SMILES string of the molecule is CCCCCCCCCCC/C=C/C(=O)N(C)CCCS(=O)(=O)[O-].[Na+]. The van der Waals surface area contributed by atoms with E-state index in [0.717, 1.165) is 12.8 Å². The number of hydrogen-bond acceptors (Lipinski definition) is 4. The summed E-state index contributed by atoms with van der Waals surface area (Å²) in [7, 11) is -2.58. The molecule has 25 heavy (non-hydrogen) atoms. The molecule has 0 saturated carbocycles. The van der Waals surface area contributed by atoms with Crippen LogP contribution >= 0.6 is 0 Å². The van der Waals surface area contributed by atoms with Crippen molar-refractivity contribution >= 4 is 16.0 Å². The molecule has 0 rings (SSSR count). The van der Waals surface area contributed by atoms with Crippen LogP contribution in [0.15, 0.2) is 12.2 Å². The van der Waals surface area contributed by atoms with Crippen LogP contribution in [0.3, 0.4) is 0 Å². The van der Waals surface area contributed by atoms with Crippen LogP contribution in [0.1, 0.15) is 77.6 Å². The van der Waals surface area contributed by atoms with Gasteiger partial charge in [0.15, 0.2) is 0 Å². The quantitative estimate of drug-likeness (QED) is 0.182. The van der Waals surface area contributed by atoms with Crippen LogP contribution in [0.5, 0.6) is 0 Å². The maximum atomic E-state index is 11.8. The average Bonchev–Trinajstić information content (AvgIpc) is 2.51. The maximum Gasteiger partial charge on any atom is 1.00 e. The molecule has 0 atom stereocenters. The second kappa shape index (κ2) is 17.5. The first-order valence-corrected chi connectivity index (χ1v) is 10.8. The molecular formula is C18H34NNaO4S. The standard InChI is InChI=1S/C18H35NO4S.Na/c1-3-4-5-6-7-8-9-10-11-12-13-15-18(20)19(2)16-14-17-24(21,22)23;/h13,15H,3-12,14,16-17H2,1-2H3,(H,21,22,23);/q;+1/p-1/b15-13+;. The summed E-state index contributed by atoms with van der Waals surface area (Å²) in [5, 5.41) is 0. The van der Waals surface area contributed by atoms with E-state index in [2.05, 4.69) is 6.92 Å². The number of carbonyl (C=O) groups excluding carboxylic acids is 1. The van der Waals surface area contributed by atoms with Crippen molar-refractivity contribution in [3.8, 4) is 0 Å². The molecule has 0 aliphatic rings. The predicted octanol–water partition coefficient (Wildman–Crippen LogP) is 0.861. The normalized spacial score (nSPS) is 11.5. The fourth-order valence-electron chi connectivity index (χ4n) is 2.47. The number of hydrogen-bond donors (Lipinski definition) is 0. The number of likely N-dealkylation sites (N-methyl/N-ethyl adjacent to an activating group) is 1. The minimum Gasteiger partial charge on any atom is -0.748 e. The van der Waals surface area contributed by atoms with Gasteiger partial charge >= 0.3 is 29.6 Å². The molecule has 0 aliphatic carbocycles. The fourth-order valence-corrected chi connectivity index (χ4v) is 2.96. The van der Waals surface area contributed by atoms with Gasteiger partial charge in [-0.1, -0.05) is 64.4 Å². The fraction of sp³-hybridized carbons (Fsp3) is 0.833. The van der Waals surface area contributed by atoms with Gasteiger partial charge in [-0.3, -0.25) is 4.79 Å². The van der Waals surface area contributed by atoms with Gasteiger partial charge in [-0.25, -0.2) is 8.42 Å². The van der Waals surface area contributed by atoms with Gasteiger partial charge in [0, 0.05) is 19.3 Å². The van der Waals surface area contributed by atoms with E-state index in [-0.39, 0.29) is 48.4 Å². The van der Waals surface area contributed by atoms with Crippen molar-refractivity contribution in [3.63, 3.8) is 0 Å². The maximum absolute atomic E-state index is 11.8. The van der Waals surface area contributed by atoms with Crippen molar-refractivity contribution in [3.05, 3.63) is 12.2 Å². The Kier molecular flexibility index (Phi) is 19.2. The van der Waals surface area contributed by atoms with E-state index >= 15 is 0 Å². The summed E-state index contributed by atoms with van der Waals surface area (Å²) >= 11 is 0. The minimum atomic E-state index is -4.19. The molecule has 1 amide bonds. The zero-order valence-electron chi connectivity index (χ0n) is 16.3. The van der Waals surface area contributed by atoms with Crippen LogP contribution in [0, 0.1) is 0 Å². The molecule has 0 aromatic heterocycles. The Morgan fingerprint density at radius 3 is 2.00 bits per heavy atom. The van der Waals surface area contributed by atoms with Gasteiger partial charge in [0.05, 0.1) is 10.1 Å². The predicted molar refractivity (Wildman–Crippen MR) is 97.8 cm³/mol. The molecule has 0 aromatic rings. The average molecular weight is 384 g/mol.